The average molecular weight is 251 g/mol. The molecule has 0 unspecified atom stereocenters. The summed E-state index contributed by atoms with van der Waals surface area (Å²) in [6, 6.07) is 1.79. The first-order valence-corrected chi connectivity index (χ1v) is 6.60. The zero-order valence-corrected chi connectivity index (χ0v) is 10.6. The highest BCUT2D eigenvalue weighted by atomic mass is 16.3. The van der Waals surface area contributed by atoms with Gasteiger partial charge in [0.15, 0.2) is 0 Å². The highest BCUT2D eigenvalue weighted by molar-refractivity contribution is 5.78. The van der Waals surface area contributed by atoms with Crippen molar-refractivity contribution >= 4 is 5.91 Å². The van der Waals surface area contributed by atoms with E-state index in [0.29, 0.717) is 13.0 Å². The summed E-state index contributed by atoms with van der Waals surface area (Å²) in [6.45, 7) is 0.744. The fraction of sp³-hybridized carbons (Fsp3) is 0.692. The van der Waals surface area contributed by atoms with Gasteiger partial charge in [0.2, 0.25) is 5.91 Å². The van der Waals surface area contributed by atoms with Crippen molar-refractivity contribution in [2.45, 2.75) is 38.5 Å². The molecule has 5 nitrogen and oxygen atoms in total. The van der Waals surface area contributed by atoms with Crippen molar-refractivity contribution < 1.29 is 9.90 Å². The first-order valence-electron chi connectivity index (χ1n) is 6.60. The molecule has 100 valence electrons. The van der Waals surface area contributed by atoms with Gasteiger partial charge in [0.1, 0.15) is 0 Å². The van der Waals surface area contributed by atoms with Crippen molar-refractivity contribution in [1.29, 1.82) is 0 Å². The SMILES string of the molecule is O=C(Cc1ccn[nH]1)NCC1(CO)CCCCC1. The molecule has 0 saturated heterocycles. The molecule has 1 fully saturated rings. The van der Waals surface area contributed by atoms with Gasteiger partial charge in [-0.3, -0.25) is 9.89 Å². The third kappa shape index (κ3) is 3.32. The van der Waals surface area contributed by atoms with E-state index >= 15 is 0 Å². The van der Waals surface area contributed by atoms with Crippen LogP contribution in [0, 0.1) is 5.41 Å². The topological polar surface area (TPSA) is 78.0 Å². The van der Waals surface area contributed by atoms with Crippen LogP contribution in [0.25, 0.3) is 0 Å². The minimum Gasteiger partial charge on any atom is -0.396 e. The molecule has 1 aromatic heterocycles. The summed E-state index contributed by atoms with van der Waals surface area (Å²) in [4.78, 5) is 11.8. The molecular formula is C13H21N3O2. The minimum absolute atomic E-state index is 0.0161. The second-order valence-electron chi connectivity index (χ2n) is 5.25. The molecule has 0 radical (unpaired) electrons. The predicted molar refractivity (Wildman–Crippen MR) is 67.9 cm³/mol. The zero-order valence-electron chi connectivity index (χ0n) is 10.6. The quantitative estimate of drug-likeness (QED) is 0.731. The van der Waals surface area contributed by atoms with Gasteiger partial charge in [-0.2, -0.15) is 5.10 Å². The molecule has 1 aliphatic carbocycles. The minimum atomic E-state index is -0.0953. The molecule has 0 bridgehead atoms. The fourth-order valence-electron chi connectivity index (χ4n) is 2.60. The highest BCUT2D eigenvalue weighted by Gasteiger charge is 2.31. The van der Waals surface area contributed by atoms with Crippen LogP contribution in [0.2, 0.25) is 0 Å². The van der Waals surface area contributed by atoms with Gasteiger partial charge in [-0.1, -0.05) is 19.3 Å². The van der Waals surface area contributed by atoms with Crippen molar-refractivity contribution in [3.8, 4) is 0 Å². The molecule has 0 atom stereocenters. The van der Waals surface area contributed by atoms with E-state index < -0.39 is 0 Å². The summed E-state index contributed by atoms with van der Waals surface area (Å²) in [5.41, 5.74) is 0.719. The van der Waals surface area contributed by atoms with Crippen molar-refractivity contribution in [3.05, 3.63) is 18.0 Å². The summed E-state index contributed by atoms with van der Waals surface area (Å²) in [6.07, 6.45) is 7.51. The second-order valence-corrected chi connectivity index (χ2v) is 5.25. The standard InChI is InChI=1S/C13H21N3O2/c17-10-13(5-2-1-3-6-13)9-14-12(18)8-11-4-7-15-16-11/h4,7,17H,1-3,5-6,8-10H2,(H,14,18)(H,15,16). The van der Waals surface area contributed by atoms with Crippen molar-refractivity contribution in [3.63, 3.8) is 0 Å². The van der Waals surface area contributed by atoms with Crippen LogP contribution in [-0.2, 0) is 11.2 Å². The van der Waals surface area contributed by atoms with Crippen molar-refractivity contribution in [1.82, 2.24) is 15.5 Å². The van der Waals surface area contributed by atoms with Crippen LogP contribution in [0.15, 0.2) is 12.3 Å². The number of amides is 1. The number of carbonyl (C=O) groups excluding carboxylic acids is 1. The molecule has 1 amide bonds. The van der Waals surface area contributed by atoms with Gasteiger partial charge >= 0.3 is 0 Å². The lowest BCUT2D eigenvalue weighted by Crippen LogP contribution is -2.41. The normalized spacial score (nSPS) is 18.5. The van der Waals surface area contributed by atoms with E-state index in [1.165, 1.54) is 6.42 Å². The number of aliphatic hydroxyl groups excluding tert-OH is 1. The van der Waals surface area contributed by atoms with E-state index in [0.717, 1.165) is 31.4 Å². The average Bonchev–Trinajstić information content (AvgIpc) is 2.90. The molecule has 0 aromatic carbocycles. The van der Waals surface area contributed by atoms with E-state index in [9.17, 15) is 9.90 Å². The predicted octanol–water partition coefficient (Wildman–Crippen LogP) is 1.01. The highest BCUT2D eigenvalue weighted by Crippen LogP contribution is 2.35. The Labute approximate surface area is 107 Å². The Morgan fingerprint density at radius 2 is 2.22 bits per heavy atom. The van der Waals surface area contributed by atoms with Gasteiger partial charge in [0.05, 0.1) is 13.0 Å². The number of hydrogen-bond donors (Lipinski definition) is 3. The van der Waals surface area contributed by atoms with Gasteiger partial charge in [0, 0.05) is 23.9 Å². The number of aliphatic hydroxyl groups is 1. The smallest absolute Gasteiger partial charge is 0.226 e. The van der Waals surface area contributed by atoms with Crippen molar-refractivity contribution in [2.24, 2.45) is 5.41 Å². The molecule has 3 N–H and O–H groups in total. The Morgan fingerprint density at radius 3 is 2.83 bits per heavy atom. The molecule has 5 heteroatoms. The third-order valence-corrected chi connectivity index (χ3v) is 3.82. The van der Waals surface area contributed by atoms with Gasteiger partial charge in [-0.25, -0.2) is 0 Å². The van der Waals surface area contributed by atoms with Gasteiger partial charge in [-0.05, 0) is 18.9 Å². The number of aromatic amines is 1. The van der Waals surface area contributed by atoms with Crippen LogP contribution in [0.1, 0.15) is 37.8 Å². The number of carbonyl (C=O) groups is 1. The molecule has 18 heavy (non-hydrogen) atoms. The van der Waals surface area contributed by atoms with E-state index in [1.807, 2.05) is 0 Å². The van der Waals surface area contributed by atoms with Crippen molar-refractivity contribution in [2.75, 3.05) is 13.2 Å². The first kappa shape index (κ1) is 13.1. The monoisotopic (exact) mass is 251 g/mol. The molecule has 2 rings (SSSR count). The Hall–Kier alpha value is -1.36. The maximum absolute atomic E-state index is 11.8. The Kier molecular flexibility index (Phi) is 4.36. The molecule has 1 saturated carbocycles. The molecule has 1 aliphatic rings. The lowest BCUT2D eigenvalue weighted by Gasteiger charge is -2.35. The number of hydrogen-bond acceptors (Lipinski definition) is 3. The Bertz CT molecular complexity index is 370. The largest absolute Gasteiger partial charge is 0.396 e. The number of nitrogens with zero attached hydrogens (tertiary/aromatic N) is 1. The maximum atomic E-state index is 11.8. The van der Waals surface area contributed by atoms with Crippen LogP contribution in [-0.4, -0.2) is 34.4 Å². The molecule has 0 spiro atoms. The lowest BCUT2D eigenvalue weighted by atomic mass is 9.74. The van der Waals surface area contributed by atoms with E-state index in [2.05, 4.69) is 15.5 Å². The molecule has 1 aromatic rings. The van der Waals surface area contributed by atoms with Crippen LogP contribution < -0.4 is 5.32 Å². The van der Waals surface area contributed by atoms with Crippen LogP contribution in [0.4, 0.5) is 0 Å². The Balaban J connectivity index is 1.80. The Morgan fingerprint density at radius 1 is 1.44 bits per heavy atom. The fourth-order valence-corrected chi connectivity index (χ4v) is 2.60. The van der Waals surface area contributed by atoms with E-state index in [4.69, 9.17) is 0 Å². The summed E-state index contributed by atoms with van der Waals surface area (Å²) in [5, 5.41) is 19.1. The van der Waals surface area contributed by atoms with Gasteiger partial charge in [-0.15, -0.1) is 0 Å². The number of rotatable bonds is 5. The number of aromatic nitrogens is 2. The zero-order chi connectivity index (χ0) is 12.8. The number of nitrogens with one attached hydrogen (secondary N) is 2. The molecule has 1 heterocycles. The van der Waals surface area contributed by atoms with Crippen LogP contribution in [0.3, 0.4) is 0 Å². The number of H-pyrrole nitrogens is 1. The maximum Gasteiger partial charge on any atom is 0.226 e. The van der Waals surface area contributed by atoms with Gasteiger partial charge in [0.25, 0.3) is 0 Å². The van der Waals surface area contributed by atoms with Crippen LogP contribution in [0.5, 0.6) is 0 Å². The summed E-state index contributed by atoms with van der Waals surface area (Å²) >= 11 is 0. The van der Waals surface area contributed by atoms with Crippen LogP contribution >= 0.6 is 0 Å². The molecular weight excluding hydrogens is 230 g/mol. The van der Waals surface area contributed by atoms with Gasteiger partial charge < -0.3 is 10.4 Å². The summed E-state index contributed by atoms with van der Waals surface area (Å²) < 4.78 is 0. The van der Waals surface area contributed by atoms with E-state index in [1.54, 1.807) is 12.3 Å². The summed E-state index contributed by atoms with van der Waals surface area (Å²) in [5.74, 6) is -0.0161. The lowest BCUT2D eigenvalue weighted by molar-refractivity contribution is -0.121. The molecule has 0 aliphatic heterocycles. The van der Waals surface area contributed by atoms with E-state index in [-0.39, 0.29) is 17.9 Å². The third-order valence-electron chi connectivity index (χ3n) is 3.82. The first-order chi connectivity index (χ1) is 8.74. The second kappa shape index (κ2) is 6.00. The summed E-state index contributed by atoms with van der Waals surface area (Å²) in [7, 11) is 0.